The number of esters is 1. The Morgan fingerprint density at radius 3 is 2.45 bits per heavy atom. The van der Waals surface area contributed by atoms with Gasteiger partial charge in [0.15, 0.2) is 26.0 Å². The molecule has 180 valence electrons. The molecule has 0 saturated carbocycles. The number of ketones is 1. The zero-order chi connectivity index (χ0) is 24.4. The van der Waals surface area contributed by atoms with Crippen LogP contribution in [0.4, 0.5) is 0 Å². The summed E-state index contributed by atoms with van der Waals surface area (Å²) in [5, 5.41) is -0.0374. The SMILES string of the molecule is CC1(C)O[C@H]2[C@@H](O[Si](C)(C)C(C)(C)C)C[C@@H](OC(=O)/C=C/c3ccccc3)/C=C\C(=O)[C@H]2O1. The Hall–Kier alpha value is -2.06. The minimum absolute atomic E-state index is 0.0374. The third kappa shape index (κ3) is 6.50. The molecule has 1 aromatic rings. The maximum absolute atomic E-state index is 12.9. The van der Waals surface area contributed by atoms with Crippen molar-refractivity contribution in [1.29, 1.82) is 0 Å². The minimum Gasteiger partial charge on any atom is -0.455 e. The van der Waals surface area contributed by atoms with E-state index in [4.69, 9.17) is 18.6 Å². The van der Waals surface area contributed by atoms with Crippen LogP contribution in [0.5, 0.6) is 0 Å². The number of rotatable bonds is 5. The van der Waals surface area contributed by atoms with Crippen LogP contribution in [0, 0.1) is 0 Å². The topological polar surface area (TPSA) is 71.1 Å². The molecule has 3 rings (SSSR count). The van der Waals surface area contributed by atoms with E-state index in [0.717, 1.165) is 5.56 Å². The quantitative estimate of drug-likeness (QED) is 0.339. The number of carbonyl (C=O) groups is 2. The molecule has 33 heavy (non-hydrogen) atoms. The van der Waals surface area contributed by atoms with Gasteiger partial charge in [-0.05, 0) is 55.8 Å². The van der Waals surface area contributed by atoms with E-state index < -0.39 is 44.5 Å². The second-order valence-electron chi connectivity index (χ2n) is 10.7. The van der Waals surface area contributed by atoms with Gasteiger partial charge in [0.05, 0.1) is 6.10 Å². The van der Waals surface area contributed by atoms with Crippen LogP contribution >= 0.6 is 0 Å². The maximum atomic E-state index is 12.9. The molecule has 6 nitrogen and oxygen atoms in total. The van der Waals surface area contributed by atoms with Crippen molar-refractivity contribution in [2.45, 2.75) is 89.4 Å². The lowest BCUT2D eigenvalue weighted by molar-refractivity contribution is -0.159. The first-order valence-electron chi connectivity index (χ1n) is 11.5. The first kappa shape index (κ1) is 25.6. The molecule has 0 radical (unpaired) electrons. The molecule has 0 spiro atoms. The Balaban J connectivity index is 1.83. The summed E-state index contributed by atoms with van der Waals surface area (Å²) in [6.07, 6.45) is 4.14. The van der Waals surface area contributed by atoms with E-state index in [9.17, 15) is 9.59 Å². The van der Waals surface area contributed by atoms with Gasteiger partial charge < -0.3 is 18.6 Å². The average molecular weight is 473 g/mol. The van der Waals surface area contributed by atoms with Crippen LogP contribution in [0.3, 0.4) is 0 Å². The Morgan fingerprint density at radius 1 is 1.15 bits per heavy atom. The van der Waals surface area contributed by atoms with Gasteiger partial charge in [-0.15, -0.1) is 0 Å². The molecule has 0 aromatic heterocycles. The van der Waals surface area contributed by atoms with Crippen molar-refractivity contribution in [2.75, 3.05) is 0 Å². The smallest absolute Gasteiger partial charge is 0.331 e. The van der Waals surface area contributed by atoms with Gasteiger partial charge in [-0.1, -0.05) is 51.1 Å². The zero-order valence-electron chi connectivity index (χ0n) is 20.7. The molecule has 0 unspecified atom stereocenters. The summed E-state index contributed by atoms with van der Waals surface area (Å²) in [7, 11) is -2.21. The summed E-state index contributed by atoms with van der Waals surface area (Å²) in [6, 6.07) is 9.52. The van der Waals surface area contributed by atoms with Crippen molar-refractivity contribution in [1.82, 2.24) is 0 Å². The lowest BCUT2D eigenvalue weighted by Gasteiger charge is -2.42. The van der Waals surface area contributed by atoms with Gasteiger partial charge in [0, 0.05) is 12.5 Å². The highest BCUT2D eigenvalue weighted by Gasteiger charge is 2.52. The molecule has 1 saturated heterocycles. The predicted octanol–water partition coefficient (Wildman–Crippen LogP) is 5.05. The fourth-order valence-electron chi connectivity index (χ4n) is 3.69. The van der Waals surface area contributed by atoms with Gasteiger partial charge in [0.1, 0.15) is 12.2 Å². The molecule has 2 aliphatic rings. The summed E-state index contributed by atoms with van der Waals surface area (Å²) in [5.41, 5.74) is 0.901. The fourth-order valence-corrected chi connectivity index (χ4v) is 5.04. The Labute approximate surface area is 198 Å². The van der Waals surface area contributed by atoms with Crippen molar-refractivity contribution < 1.29 is 28.2 Å². The molecule has 0 bridgehead atoms. The van der Waals surface area contributed by atoms with E-state index in [2.05, 4.69) is 33.9 Å². The number of benzene rings is 1. The Kier molecular flexibility index (Phi) is 7.48. The molecule has 0 N–H and O–H groups in total. The molecule has 1 aliphatic heterocycles. The zero-order valence-corrected chi connectivity index (χ0v) is 21.7. The largest absolute Gasteiger partial charge is 0.455 e. The van der Waals surface area contributed by atoms with Crippen LogP contribution in [-0.2, 0) is 28.2 Å². The third-order valence-electron chi connectivity index (χ3n) is 6.45. The van der Waals surface area contributed by atoms with E-state index in [1.165, 1.54) is 12.2 Å². The number of hydrogen-bond acceptors (Lipinski definition) is 6. The van der Waals surface area contributed by atoms with E-state index in [0.29, 0.717) is 6.42 Å². The molecular weight excluding hydrogens is 436 g/mol. The molecular formula is C26H36O6Si. The van der Waals surface area contributed by atoms with Gasteiger partial charge in [0.25, 0.3) is 0 Å². The number of ether oxygens (including phenoxy) is 3. The van der Waals surface area contributed by atoms with Gasteiger partial charge in [-0.25, -0.2) is 4.79 Å². The lowest BCUT2D eigenvalue weighted by Crippen LogP contribution is -2.52. The van der Waals surface area contributed by atoms with Crippen LogP contribution in [0.2, 0.25) is 18.1 Å². The summed E-state index contributed by atoms with van der Waals surface area (Å²) < 4.78 is 24.5. The first-order valence-corrected chi connectivity index (χ1v) is 14.4. The fraction of sp³-hybridized carbons (Fsp3) is 0.538. The van der Waals surface area contributed by atoms with E-state index >= 15 is 0 Å². The molecule has 0 amide bonds. The van der Waals surface area contributed by atoms with Gasteiger partial charge >= 0.3 is 5.97 Å². The normalized spacial score (nSPS) is 28.8. The summed E-state index contributed by atoms with van der Waals surface area (Å²) in [4.78, 5) is 25.4. The van der Waals surface area contributed by atoms with Crippen LogP contribution in [0.1, 0.15) is 46.6 Å². The summed E-state index contributed by atoms with van der Waals surface area (Å²) in [6.45, 7) is 14.4. The van der Waals surface area contributed by atoms with Crippen LogP contribution in [0.15, 0.2) is 48.6 Å². The van der Waals surface area contributed by atoms with Crippen molar-refractivity contribution in [3.8, 4) is 0 Å². The summed E-state index contributed by atoms with van der Waals surface area (Å²) in [5.74, 6) is -1.59. The number of hydrogen-bond donors (Lipinski definition) is 0. The van der Waals surface area contributed by atoms with Crippen LogP contribution < -0.4 is 0 Å². The Bertz CT molecular complexity index is 912. The van der Waals surface area contributed by atoms with Crippen molar-refractivity contribution in [2.24, 2.45) is 0 Å². The highest BCUT2D eigenvalue weighted by atomic mass is 28.4. The minimum atomic E-state index is -2.21. The molecule has 1 aliphatic carbocycles. The Morgan fingerprint density at radius 2 is 1.82 bits per heavy atom. The maximum Gasteiger partial charge on any atom is 0.331 e. The van der Waals surface area contributed by atoms with E-state index in [-0.39, 0.29) is 10.8 Å². The van der Waals surface area contributed by atoms with Crippen molar-refractivity contribution in [3.05, 3.63) is 54.1 Å². The van der Waals surface area contributed by atoms with Crippen LogP contribution in [-0.4, -0.2) is 50.3 Å². The van der Waals surface area contributed by atoms with Gasteiger partial charge in [0.2, 0.25) is 0 Å². The second kappa shape index (κ2) is 9.66. The first-order chi connectivity index (χ1) is 15.3. The monoisotopic (exact) mass is 472 g/mol. The molecule has 7 heteroatoms. The van der Waals surface area contributed by atoms with Gasteiger partial charge in [-0.3, -0.25) is 4.79 Å². The van der Waals surface area contributed by atoms with Crippen molar-refractivity contribution in [3.63, 3.8) is 0 Å². The number of fused-ring (bicyclic) bond motifs is 1. The molecule has 1 fully saturated rings. The van der Waals surface area contributed by atoms with Crippen molar-refractivity contribution >= 4 is 26.1 Å². The molecule has 4 atom stereocenters. The molecule has 1 aromatic carbocycles. The van der Waals surface area contributed by atoms with E-state index in [1.807, 2.05) is 30.3 Å². The van der Waals surface area contributed by atoms with Crippen LogP contribution in [0.25, 0.3) is 6.08 Å². The highest BCUT2D eigenvalue weighted by molar-refractivity contribution is 6.74. The van der Waals surface area contributed by atoms with Gasteiger partial charge in [-0.2, -0.15) is 0 Å². The average Bonchev–Trinajstić information content (AvgIpc) is 3.04. The van der Waals surface area contributed by atoms with E-state index in [1.54, 1.807) is 26.0 Å². The molecule has 1 heterocycles. The predicted molar refractivity (Wildman–Crippen MR) is 130 cm³/mol. The summed E-state index contributed by atoms with van der Waals surface area (Å²) >= 11 is 0. The second-order valence-corrected chi connectivity index (χ2v) is 15.4. The standard InChI is InChI=1S/C26H36O6Si/c1-25(2,3)33(6,7)32-21-17-19(29-22(28)16-13-18-11-9-8-10-12-18)14-15-20(27)23-24(21)31-26(4,5)30-23/h8-16,19,21,23-24H,17H2,1-7H3/b15-14-,16-13+/t19-,21-,23+,24-/m0/s1. The lowest BCUT2D eigenvalue weighted by atomic mass is 9.96. The number of carbonyl (C=O) groups excluding carboxylic acids is 2. The highest BCUT2D eigenvalue weighted by Crippen LogP contribution is 2.41. The third-order valence-corrected chi connectivity index (χ3v) is 11.0.